The molecular formula is C32H31N3O6. The summed E-state index contributed by atoms with van der Waals surface area (Å²) in [7, 11) is 1.49. The number of phenols is 1. The molecule has 0 aliphatic heterocycles. The van der Waals surface area contributed by atoms with Crippen molar-refractivity contribution in [3.05, 3.63) is 114 Å². The summed E-state index contributed by atoms with van der Waals surface area (Å²) in [6, 6.07) is 25.6. The van der Waals surface area contributed by atoms with E-state index >= 15 is 0 Å². The van der Waals surface area contributed by atoms with Gasteiger partial charge in [-0.1, -0.05) is 66.7 Å². The number of nitrogens with two attached hydrogens (primary N) is 1. The number of rotatable bonds is 10. The minimum absolute atomic E-state index is 0.0776. The number of hydrogen-bond donors (Lipinski definition) is 4. The van der Waals surface area contributed by atoms with Crippen molar-refractivity contribution in [3.8, 4) is 5.75 Å². The predicted molar refractivity (Wildman–Crippen MR) is 157 cm³/mol. The van der Waals surface area contributed by atoms with Crippen molar-refractivity contribution in [2.75, 3.05) is 18.2 Å². The first kappa shape index (κ1) is 28.8. The quantitative estimate of drug-likeness (QED) is 0.145. The van der Waals surface area contributed by atoms with E-state index in [0.717, 1.165) is 0 Å². The zero-order chi connectivity index (χ0) is 29.2. The van der Waals surface area contributed by atoms with Gasteiger partial charge >= 0.3 is 6.09 Å². The number of nitrogen functional groups attached to an aromatic ring is 1. The van der Waals surface area contributed by atoms with Crippen molar-refractivity contribution in [1.82, 2.24) is 5.32 Å². The number of methoxy groups -OCH3 is 1. The third kappa shape index (κ3) is 7.49. The second-order valence-electron chi connectivity index (χ2n) is 9.20. The van der Waals surface area contributed by atoms with E-state index in [1.807, 2.05) is 6.07 Å². The molecule has 2 atom stereocenters. The normalized spacial score (nSPS) is 12.5. The van der Waals surface area contributed by atoms with Crippen molar-refractivity contribution in [1.29, 1.82) is 0 Å². The lowest BCUT2D eigenvalue weighted by Gasteiger charge is -2.27. The first-order valence-corrected chi connectivity index (χ1v) is 13.0. The molecule has 210 valence electrons. The molecule has 0 spiro atoms. The van der Waals surface area contributed by atoms with Crippen LogP contribution < -0.4 is 16.4 Å². The van der Waals surface area contributed by atoms with Crippen molar-refractivity contribution < 1.29 is 29.0 Å². The Hall–Kier alpha value is -5.15. The highest BCUT2D eigenvalue weighted by Crippen LogP contribution is 2.35. The summed E-state index contributed by atoms with van der Waals surface area (Å²) in [4.78, 5) is 37.8. The number of imide groups is 1. The number of aromatic hydroxyl groups is 1. The maximum absolute atomic E-state index is 12.9. The summed E-state index contributed by atoms with van der Waals surface area (Å²) in [6.07, 6.45) is 1.32. The van der Waals surface area contributed by atoms with E-state index in [1.54, 1.807) is 84.9 Å². The SMILES string of the molecule is CO[C@@H](CC/C=C/C(=O)Nc1ccccc1N)[C@@H](OC(=O)NC(=O)c1ccccc1)c1ccc(O)c2ccccc12. The number of hydrogen-bond acceptors (Lipinski definition) is 7. The van der Waals surface area contributed by atoms with Gasteiger partial charge in [0, 0.05) is 23.6 Å². The number of phenolic OH excluding ortho intramolecular Hbond substituents is 1. The predicted octanol–water partition coefficient (Wildman–Crippen LogP) is 5.73. The van der Waals surface area contributed by atoms with Gasteiger partial charge in [0.2, 0.25) is 5.91 Å². The van der Waals surface area contributed by atoms with Gasteiger partial charge in [-0.3, -0.25) is 14.9 Å². The number of amides is 3. The van der Waals surface area contributed by atoms with Crippen LogP contribution in [0.25, 0.3) is 10.8 Å². The molecule has 0 bridgehead atoms. The summed E-state index contributed by atoms with van der Waals surface area (Å²) in [5.41, 5.74) is 7.75. The van der Waals surface area contributed by atoms with Crippen molar-refractivity contribution in [2.45, 2.75) is 25.0 Å². The molecule has 4 aromatic carbocycles. The summed E-state index contributed by atoms with van der Waals surface area (Å²) < 4.78 is 11.6. The number of alkyl carbamates (subject to hydrolysis) is 1. The molecule has 9 heteroatoms. The number of carbonyl (C=O) groups excluding carboxylic acids is 3. The van der Waals surface area contributed by atoms with E-state index in [4.69, 9.17) is 15.2 Å². The van der Waals surface area contributed by atoms with E-state index in [0.29, 0.717) is 46.1 Å². The molecule has 9 nitrogen and oxygen atoms in total. The Morgan fingerprint density at radius 3 is 2.32 bits per heavy atom. The number of ether oxygens (including phenoxy) is 2. The number of carbonyl (C=O) groups is 3. The van der Waals surface area contributed by atoms with Gasteiger partial charge in [0.15, 0.2) is 6.10 Å². The highest BCUT2D eigenvalue weighted by Gasteiger charge is 2.29. The molecule has 5 N–H and O–H groups in total. The number of fused-ring (bicyclic) bond motifs is 1. The number of anilines is 2. The Labute approximate surface area is 237 Å². The second-order valence-corrected chi connectivity index (χ2v) is 9.20. The van der Waals surface area contributed by atoms with Gasteiger partial charge in [0.1, 0.15) is 5.75 Å². The van der Waals surface area contributed by atoms with E-state index in [1.165, 1.54) is 19.3 Å². The summed E-state index contributed by atoms with van der Waals surface area (Å²) in [5, 5.41) is 16.6. The average molecular weight is 554 g/mol. The maximum Gasteiger partial charge on any atom is 0.414 e. The molecule has 4 rings (SSSR count). The maximum atomic E-state index is 12.9. The Bertz CT molecular complexity index is 1550. The van der Waals surface area contributed by atoms with Crippen LogP contribution >= 0.6 is 0 Å². The molecule has 4 aromatic rings. The van der Waals surface area contributed by atoms with Crippen molar-refractivity contribution >= 4 is 40.1 Å². The summed E-state index contributed by atoms with van der Waals surface area (Å²) in [5.74, 6) is -0.867. The highest BCUT2D eigenvalue weighted by molar-refractivity contribution is 6.03. The Morgan fingerprint density at radius 2 is 1.59 bits per heavy atom. The van der Waals surface area contributed by atoms with Gasteiger partial charge in [-0.05, 0) is 54.6 Å². The fraction of sp³-hybridized carbons (Fsp3) is 0.156. The molecule has 0 unspecified atom stereocenters. The van der Waals surface area contributed by atoms with Gasteiger partial charge in [0.05, 0.1) is 17.5 Å². The highest BCUT2D eigenvalue weighted by atomic mass is 16.6. The van der Waals surface area contributed by atoms with Crippen LogP contribution in [0.15, 0.2) is 103 Å². The van der Waals surface area contributed by atoms with Crippen LogP contribution in [0.2, 0.25) is 0 Å². The fourth-order valence-corrected chi connectivity index (χ4v) is 4.42. The Kier molecular flexibility index (Phi) is 9.69. The first-order valence-electron chi connectivity index (χ1n) is 13.0. The number of nitrogens with one attached hydrogen (secondary N) is 2. The minimum Gasteiger partial charge on any atom is -0.507 e. The van der Waals surface area contributed by atoms with Gasteiger partial charge in [0.25, 0.3) is 5.91 Å². The molecule has 0 radical (unpaired) electrons. The van der Waals surface area contributed by atoms with E-state index in [2.05, 4.69) is 10.6 Å². The van der Waals surface area contributed by atoms with E-state index < -0.39 is 24.2 Å². The molecule has 0 saturated carbocycles. The molecule has 41 heavy (non-hydrogen) atoms. The Balaban J connectivity index is 1.52. The average Bonchev–Trinajstić information content (AvgIpc) is 2.98. The van der Waals surface area contributed by atoms with Crippen LogP contribution in [0.5, 0.6) is 5.75 Å². The van der Waals surface area contributed by atoms with Crippen molar-refractivity contribution in [2.24, 2.45) is 0 Å². The third-order valence-electron chi connectivity index (χ3n) is 6.47. The smallest absolute Gasteiger partial charge is 0.414 e. The van der Waals surface area contributed by atoms with Gasteiger partial charge < -0.3 is 25.6 Å². The topological polar surface area (TPSA) is 140 Å². The van der Waals surface area contributed by atoms with E-state index in [9.17, 15) is 19.5 Å². The third-order valence-corrected chi connectivity index (χ3v) is 6.47. The fourth-order valence-electron chi connectivity index (χ4n) is 4.42. The monoisotopic (exact) mass is 553 g/mol. The number of para-hydroxylation sites is 2. The first-order chi connectivity index (χ1) is 19.9. The molecule has 0 aliphatic carbocycles. The standard InChI is InChI=1S/C32H31N3O6/c1-40-28(17-9-10-18-29(37)34-26-16-8-7-15-25(26)33)30(24-19-20-27(36)23-14-6-5-13-22(23)24)41-32(39)35-31(38)21-11-3-2-4-12-21/h2-8,10-16,18-20,28,30,36H,9,17,33H2,1H3,(H,34,37)(H,35,38,39)/b18-10+/t28-,30-/m0/s1. The van der Waals surface area contributed by atoms with Crippen LogP contribution in [0.3, 0.4) is 0 Å². The molecule has 0 aliphatic rings. The van der Waals surface area contributed by atoms with E-state index in [-0.39, 0.29) is 11.7 Å². The molecular weight excluding hydrogens is 522 g/mol. The Morgan fingerprint density at radius 1 is 0.902 bits per heavy atom. The number of allylic oxidation sites excluding steroid dienone is 1. The van der Waals surface area contributed by atoms with Crippen molar-refractivity contribution in [3.63, 3.8) is 0 Å². The number of benzene rings is 4. The summed E-state index contributed by atoms with van der Waals surface area (Å²) in [6.45, 7) is 0. The largest absolute Gasteiger partial charge is 0.507 e. The summed E-state index contributed by atoms with van der Waals surface area (Å²) >= 11 is 0. The zero-order valence-corrected chi connectivity index (χ0v) is 22.4. The molecule has 0 heterocycles. The van der Waals surface area contributed by atoms with Crippen LogP contribution in [0.4, 0.5) is 16.2 Å². The van der Waals surface area contributed by atoms with Crippen LogP contribution in [0.1, 0.15) is 34.9 Å². The molecule has 3 amide bonds. The molecule has 0 fully saturated rings. The lowest BCUT2D eigenvalue weighted by Crippen LogP contribution is -2.35. The lowest BCUT2D eigenvalue weighted by molar-refractivity contribution is -0.111. The van der Waals surface area contributed by atoms with Gasteiger partial charge in [-0.2, -0.15) is 0 Å². The lowest BCUT2D eigenvalue weighted by atomic mass is 9.94. The molecule has 0 aromatic heterocycles. The minimum atomic E-state index is -0.946. The van der Waals surface area contributed by atoms with Crippen LogP contribution in [0, 0.1) is 0 Å². The van der Waals surface area contributed by atoms with Gasteiger partial charge in [-0.15, -0.1) is 0 Å². The van der Waals surface area contributed by atoms with Gasteiger partial charge in [-0.25, -0.2) is 4.79 Å². The second kappa shape index (κ2) is 13.8. The van der Waals surface area contributed by atoms with Crippen LogP contribution in [-0.4, -0.2) is 36.2 Å². The molecule has 0 saturated heterocycles. The van der Waals surface area contributed by atoms with Crippen LogP contribution in [-0.2, 0) is 14.3 Å². The zero-order valence-electron chi connectivity index (χ0n) is 22.4.